The first-order valence-electron chi connectivity index (χ1n) is 8.10. The molecule has 1 atom stereocenters. The second kappa shape index (κ2) is 6.46. The Bertz CT molecular complexity index is 996. The average molecular weight is 371 g/mol. The number of hydrogen-bond donors (Lipinski definition) is 0. The fourth-order valence-corrected chi connectivity index (χ4v) is 3.20. The van der Waals surface area contributed by atoms with Gasteiger partial charge in [-0.25, -0.2) is 4.98 Å². The highest BCUT2D eigenvalue weighted by Gasteiger charge is 2.34. The summed E-state index contributed by atoms with van der Waals surface area (Å²) < 4.78 is 11.0. The van der Waals surface area contributed by atoms with E-state index in [0.29, 0.717) is 22.7 Å². The standard InChI is InChI=1S/C19H15ClN2O4/c1-25-14-5-2-11(3-6-14)19-21-15-9-13(4-7-16(15)26-19)22-10-12(18(20)24)8-17(22)23/h2-7,9,12H,8,10H2,1H3. The SMILES string of the molecule is COc1ccc(-c2nc3cc(N4CC(C(=O)Cl)CC4=O)ccc3o2)cc1. The minimum atomic E-state index is -0.481. The molecule has 1 aliphatic heterocycles. The molecule has 0 bridgehead atoms. The zero-order valence-corrected chi connectivity index (χ0v) is 14.7. The molecule has 0 saturated carbocycles. The van der Waals surface area contributed by atoms with Crippen LogP contribution in [0.15, 0.2) is 46.9 Å². The Kier molecular flexibility index (Phi) is 4.12. The maximum atomic E-state index is 12.2. The number of methoxy groups -OCH3 is 1. The number of oxazole rings is 1. The Balaban J connectivity index is 1.65. The fourth-order valence-electron chi connectivity index (χ4n) is 3.05. The molecule has 1 aromatic heterocycles. The summed E-state index contributed by atoms with van der Waals surface area (Å²) in [5, 5.41) is -0.481. The van der Waals surface area contributed by atoms with Crippen LogP contribution in [0.1, 0.15) is 6.42 Å². The minimum Gasteiger partial charge on any atom is -0.497 e. The van der Waals surface area contributed by atoms with Gasteiger partial charge in [-0.1, -0.05) is 0 Å². The van der Waals surface area contributed by atoms with Crippen LogP contribution in [0, 0.1) is 5.92 Å². The van der Waals surface area contributed by atoms with Crippen molar-refractivity contribution in [3.8, 4) is 17.2 Å². The fraction of sp³-hybridized carbons (Fsp3) is 0.211. The van der Waals surface area contributed by atoms with Gasteiger partial charge < -0.3 is 14.1 Å². The molecule has 4 rings (SSSR count). The van der Waals surface area contributed by atoms with Crippen LogP contribution in [0.2, 0.25) is 0 Å². The Labute approximate surface area is 154 Å². The van der Waals surface area contributed by atoms with E-state index in [1.165, 1.54) is 0 Å². The smallest absolute Gasteiger partial charge is 0.227 e. The molecular formula is C19H15ClN2O4. The third kappa shape index (κ3) is 2.93. The molecular weight excluding hydrogens is 356 g/mol. The van der Waals surface area contributed by atoms with Gasteiger partial charge in [0.2, 0.25) is 17.0 Å². The van der Waals surface area contributed by atoms with Gasteiger partial charge in [0.1, 0.15) is 11.3 Å². The third-order valence-corrected chi connectivity index (χ3v) is 4.77. The van der Waals surface area contributed by atoms with Crippen molar-refractivity contribution in [3.05, 3.63) is 42.5 Å². The largest absolute Gasteiger partial charge is 0.497 e. The summed E-state index contributed by atoms with van der Waals surface area (Å²) in [4.78, 5) is 29.6. The number of amides is 1. The second-order valence-electron chi connectivity index (χ2n) is 6.11. The maximum absolute atomic E-state index is 12.2. The van der Waals surface area contributed by atoms with Gasteiger partial charge in [0.05, 0.1) is 13.0 Å². The zero-order valence-electron chi connectivity index (χ0n) is 13.9. The molecule has 1 amide bonds. The van der Waals surface area contributed by atoms with Crippen molar-refractivity contribution < 1.29 is 18.7 Å². The van der Waals surface area contributed by atoms with E-state index in [1.54, 1.807) is 30.2 Å². The summed E-state index contributed by atoms with van der Waals surface area (Å²) in [5.41, 5.74) is 2.77. The Morgan fingerprint density at radius 2 is 2.04 bits per heavy atom. The molecule has 26 heavy (non-hydrogen) atoms. The van der Waals surface area contributed by atoms with Crippen LogP contribution in [0.25, 0.3) is 22.6 Å². The van der Waals surface area contributed by atoms with Gasteiger partial charge in [-0.05, 0) is 54.1 Å². The lowest BCUT2D eigenvalue weighted by Gasteiger charge is -2.15. The predicted octanol–water partition coefficient (Wildman–Crippen LogP) is 3.62. The summed E-state index contributed by atoms with van der Waals surface area (Å²) in [6.07, 6.45) is 0.135. The number of carbonyl (C=O) groups is 2. The van der Waals surface area contributed by atoms with Crippen LogP contribution in [0.5, 0.6) is 5.75 Å². The third-order valence-electron chi connectivity index (χ3n) is 4.47. The predicted molar refractivity (Wildman–Crippen MR) is 97.3 cm³/mol. The van der Waals surface area contributed by atoms with E-state index in [2.05, 4.69) is 4.98 Å². The highest BCUT2D eigenvalue weighted by Crippen LogP contribution is 2.31. The molecule has 1 unspecified atom stereocenters. The van der Waals surface area contributed by atoms with Crippen LogP contribution in [-0.2, 0) is 9.59 Å². The van der Waals surface area contributed by atoms with E-state index in [0.717, 1.165) is 11.3 Å². The molecule has 1 aliphatic rings. The quantitative estimate of drug-likeness (QED) is 0.656. The summed E-state index contributed by atoms with van der Waals surface area (Å²) in [7, 11) is 1.61. The summed E-state index contributed by atoms with van der Waals surface area (Å²) in [6, 6.07) is 12.7. The molecule has 0 radical (unpaired) electrons. The van der Waals surface area contributed by atoms with Crippen LogP contribution in [0.4, 0.5) is 5.69 Å². The highest BCUT2D eigenvalue weighted by molar-refractivity contribution is 6.64. The zero-order chi connectivity index (χ0) is 18.3. The number of benzene rings is 2. The number of hydrogen-bond acceptors (Lipinski definition) is 5. The molecule has 2 heterocycles. The van der Waals surface area contributed by atoms with Gasteiger partial charge in [-0.15, -0.1) is 0 Å². The van der Waals surface area contributed by atoms with Crippen LogP contribution in [-0.4, -0.2) is 29.8 Å². The van der Waals surface area contributed by atoms with Crippen LogP contribution < -0.4 is 9.64 Å². The lowest BCUT2D eigenvalue weighted by atomic mass is 10.1. The molecule has 132 valence electrons. The normalized spacial score (nSPS) is 17.1. The maximum Gasteiger partial charge on any atom is 0.227 e. The molecule has 1 fully saturated rings. The Hall–Kier alpha value is -2.86. The minimum absolute atomic E-state index is 0.123. The number of fused-ring (bicyclic) bond motifs is 1. The molecule has 1 saturated heterocycles. The molecule has 0 spiro atoms. The second-order valence-corrected chi connectivity index (χ2v) is 6.48. The molecule has 7 heteroatoms. The van der Waals surface area contributed by atoms with Crippen molar-refractivity contribution in [2.45, 2.75) is 6.42 Å². The van der Waals surface area contributed by atoms with Crippen molar-refractivity contribution >= 4 is 39.5 Å². The average Bonchev–Trinajstić information content (AvgIpc) is 3.24. The monoisotopic (exact) mass is 370 g/mol. The lowest BCUT2D eigenvalue weighted by molar-refractivity contribution is -0.120. The lowest BCUT2D eigenvalue weighted by Crippen LogP contribution is -2.25. The van der Waals surface area contributed by atoms with E-state index in [1.807, 2.05) is 24.3 Å². The molecule has 0 aliphatic carbocycles. The summed E-state index contributed by atoms with van der Waals surface area (Å²) in [6.45, 7) is 0.288. The van der Waals surface area contributed by atoms with Crippen molar-refractivity contribution in [3.63, 3.8) is 0 Å². The Morgan fingerprint density at radius 1 is 1.27 bits per heavy atom. The summed E-state index contributed by atoms with van der Waals surface area (Å²) >= 11 is 5.54. The van der Waals surface area contributed by atoms with E-state index >= 15 is 0 Å². The molecule has 0 N–H and O–H groups in total. The van der Waals surface area contributed by atoms with Gasteiger partial charge >= 0.3 is 0 Å². The van der Waals surface area contributed by atoms with Crippen molar-refractivity contribution in [1.29, 1.82) is 0 Å². The van der Waals surface area contributed by atoms with Crippen LogP contribution in [0.3, 0.4) is 0 Å². The van der Waals surface area contributed by atoms with E-state index < -0.39 is 11.2 Å². The van der Waals surface area contributed by atoms with Gasteiger partial charge in [0.25, 0.3) is 0 Å². The van der Waals surface area contributed by atoms with Crippen LogP contribution >= 0.6 is 11.6 Å². The van der Waals surface area contributed by atoms with Gasteiger partial charge in [0.15, 0.2) is 5.58 Å². The molecule has 3 aromatic rings. The number of halogens is 1. The first kappa shape index (κ1) is 16.6. The van der Waals surface area contributed by atoms with Gasteiger partial charge in [-0.2, -0.15) is 0 Å². The number of aromatic nitrogens is 1. The van der Waals surface area contributed by atoms with Crippen molar-refractivity contribution in [2.75, 3.05) is 18.6 Å². The van der Waals surface area contributed by atoms with E-state index in [4.69, 9.17) is 20.8 Å². The number of nitrogens with zero attached hydrogens (tertiary/aromatic N) is 2. The van der Waals surface area contributed by atoms with E-state index in [-0.39, 0.29) is 18.9 Å². The number of rotatable bonds is 4. The molecule has 6 nitrogen and oxygen atoms in total. The van der Waals surface area contributed by atoms with Gasteiger partial charge in [-0.3, -0.25) is 9.59 Å². The summed E-state index contributed by atoms with van der Waals surface area (Å²) in [5.74, 6) is 0.652. The van der Waals surface area contributed by atoms with Crippen molar-refractivity contribution in [1.82, 2.24) is 4.98 Å². The molecule has 2 aromatic carbocycles. The van der Waals surface area contributed by atoms with Gasteiger partial charge in [0, 0.05) is 24.2 Å². The van der Waals surface area contributed by atoms with Crippen molar-refractivity contribution in [2.24, 2.45) is 5.92 Å². The number of ether oxygens (including phenoxy) is 1. The number of carbonyl (C=O) groups excluding carboxylic acids is 2. The number of anilines is 1. The Morgan fingerprint density at radius 3 is 2.69 bits per heavy atom. The topological polar surface area (TPSA) is 72.6 Å². The highest BCUT2D eigenvalue weighted by atomic mass is 35.5. The first-order valence-corrected chi connectivity index (χ1v) is 8.47. The van der Waals surface area contributed by atoms with E-state index in [9.17, 15) is 9.59 Å². The first-order chi connectivity index (χ1) is 12.5.